The summed E-state index contributed by atoms with van der Waals surface area (Å²) in [5, 5.41) is 49.6. The minimum atomic E-state index is -1.55. The Morgan fingerprint density at radius 1 is 0.842 bits per heavy atom. The maximum atomic E-state index is 10.5. The van der Waals surface area contributed by atoms with Crippen molar-refractivity contribution in [3.05, 3.63) is 47.0 Å². The van der Waals surface area contributed by atoms with Gasteiger partial charge in [0.25, 0.3) is 0 Å². The Bertz CT molecular complexity index is 1080. The molecule has 0 aromatic heterocycles. The third-order valence-corrected chi connectivity index (χ3v) is 7.02. The van der Waals surface area contributed by atoms with Gasteiger partial charge in [-0.1, -0.05) is 12.1 Å². The smallest absolute Gasteiger partial charge is 0.186 e. The van der Waals surface area contributed by atoms with E-state index in [9.17, 15) is 25.5 Å². The van der Waals surface area contributed by atoms with Crippen LogP contribution < -0.4 is 18.9 Å². The zero-order chi connectivity index (χ0) is 27.4. The van der Waals surface area contributed by atoms with E-state index in [0.29, 0.717) is 35.8 Å². The fourth-order valence-electron chi connectivity index (χ4n) is 4.95. The van der Waals surface area contributed by atoms with Gasteiger partial charge >= 0.3 is 0 Å². The van der Waals surface area contributed by atoms with Gasteiger partial charge in [-0.15, -0.1) is 0 Å². The molecule has 4 rings (SSSR count). The molecule has 0 amide bonds. The van der Waals surface area contributed by atoms with Gasteiger partial charge in [-0.25, -0.2) is 0 Å². The van der Waals surface area contributed by atoms with E-state index >= 15 is 0 Å². The lowest BCUT2D eigenvalue weighted by molar-refractivity contribution is -0.302. The molecule has 0 saturated carbocycles. The van der Waals surface area contributed by atoms with E-state index in [1.807, 2.05) is 24.3 Å². The number of aliphatic hydroxyl groups is 5. The van der Waals surface area contributed by atoms with Crippen molar-refractivity contribution in [2.24, 2.45) is 0 Å². The Hall–Kier alpha value is -2.64. The average Bonchev–Trinajstić information content (AvgIpc) is 3.31. The number of benzene rings is 2. The van der Waals surface area contributed by atoms with Crippen LogP contribution in [0.15, 0.2) is 30.3 Å². The van der Waals surface area contributed by atoms with Crippen LogP contribution in [0.25, 0.3) is 0 Å². The highest BCUT2D eigenvalue weighted by molar-refractivity contribution is 5.56. The van der Waals surface area contributed by atoms with Gasteiger partial charge in [0, 0.05) is 12.2 Å². The minimum absolute atomic E-state index is 0.00130. The SMILES string of the molecule is COc1ccc([C@@H]2Oc3c(OC)cc(CCCO)cc3[C@@H]2CO[C@@H]2O[C@@H](CO)[C@@H](O)[C@@H](O)[C@H]2O)cc1OC. The lowest BCUT2D eigenvalue weighted by atomic mass is 9.90. The van der Waals surface area contributed by atoms with Crippen molar-refractivity contribution >= 4 is 0 Å². The monoisotopic (exact) mass is 536 g/mol. The fraction of sp³-hybridized carbons (Fsp3) is 0.556. The molecule has 11 nitrogen and oxygen atoms in total. The molecule has 0 radical (unpaired) electrons. The first-order chi connectivity index (χ1) is 18.4. The molecule has 0 bridgehead atoms. The van der Waals surface area contributed by atoms with Crippen LogP contribution in [0.4, 0.5) is 0 Å². The standard InChI is InChI=1S/C27H36O11/c1-33-18-7-6-15(11-19(18)34-2)25-17(13-36-27-24(32)23(31)22(30)21(12-29)37-27)16-9-14(5-4-8-28)10-20(35-3)26(16)38-25/h6-7,9-11,17,21-25,27-32H,4-5,8,12-13H2,1-3H3/t17-,21-,22+,23+,24+,25-,27+/m0/s1. The van der Waals surface area contributed by atoms with E-state index in [0.717, 1.165) is 16.7 Å². The van der Waals surface area contributed by atoms with Gasteiger partial charge < -0.3 is 54.0 Å². The van der Waals surface area contributed by atoms with Crippen molar-refractivity contribution in [3.63, 3.8) is 0 Å². The molecule has 2 heterocycles. The minimum Gasteiger partial charge on any atom is -0.493 e. The summed E-state index contributed by atoms with van der Waals surface area (Å²) in [6.45, 7) is -0.505. The first-order valence-electron chi connectivity index (χ1n) is 12.5. The number of hydrogen-bond donors (Lipinski definition) is 5. The summed E-state index contributed by atoms with van der Waals surface area (Å²) in [5.41, 5.74) is 2.53. The number of methoxy groups -OCH3 is 3. The molecule has 2 aromatic rings. The van der Waals surface area contributed by atoms with Crippen LogP contribution in [0.2, 0.25) is 0 Å². The maximum absolute atomic E-state index is 10.5. The lowest BCUT2D eigenvalue weighted by Crippen LogP contribution is -2.59. The van der Waals surface area contributed by atoms with E-state index in [1.165, 1.54) is 0 Å². The maximum Gasteiger partial charge on any atom is 0.186 e. The molecule has 11 heteroatoms. The highest BCUT2D eigenvalue weighted by atomic mass is 16.7. The predicted molar refractivity (Wildman–Crippen MR) is 134 cm³/mol. The van der Waals surface area contributed by atoms with Crippen LogP contribution in [-0.2, 0) is 15.9 Å². The Morgan fingerprint density at radius 2 is 1.58 bits per heavy atom. The van der Waals surface area contributed by atoms with Crippen molar-refractivity contribution in [3.8, 4) is 23.0 Å². The van der Waals surface area contributed by atoms with Crippen molar-refractivity contribution in [1.29, 1.82) is 0 Å². The number of rotatable bonds is 11. The summed E-state index contributed by atoms with van der Waals surface area (Å²) in [4.78, 5) is 0. The first kappa shape index (κ1) is 28.4. The van der Waals surface area contributed by atoms with Crippen molar-refractivity contribution in [2.75, 3.05) is 41.2 Å². The molecular weight excluding hydrogens is 500 g/mol. The quantitative estimate of drug-likeness (QED) is 0.275. The zero-order valence-electron chi connectivity index (χ0n) is 21.6. The number of aryl methyl sites for hydroxylation is 1. The zero-order valence-corrected chi connectivity index (χ0v) is 21.6. The number of fused-ring (bicyclic) bond motifs is 1. The molecule has 1 saturated heterocycles. The van der Waals surface area contributed by atoms with Gasteiger partial charge in [0.1, 0.15) is 30.5 Å². The van der Waals surface area contributed by atoms with Gasteiger partial charge in [-0.3, -0.25) is 0 Å². The van der Waals surface area contributed by atoms with E-state index in [-0.39, 0.29) is 13.2 Å². The van der Waals surface area contributed by atoms with E-state index in [4.69, 9.17) is 28.4 Å². The van der Waals surface area contributed by atoms with Crippen LogP contribution in [0.3, 0.4) is 0 Å². The topological polar surface area (TPSA) is 157 Å². The third kappa shape index (κ3) is 5.55. The number of aliphatic hydroxyl groups excluding tert-OH is 5. The average molecular weight is 537 g/mol. The molecule has 7 atom stereocenters. The van der Waals surface area contributed by atoms with Crippen LogP contribution in [0.1, 0.15) is 35.1 Å². The summed E-state index contributed by atoms with van der Waals surface area (Å²) in [6, 6.07) is 9.31. The molecular formula is C27H36O11. The Balaban J connectivity index is 1.69. The van der Waals surface area contributed by atoms with E-state index in [2.05, 4.69) is 0 Å². The van der Waals surface area contributed by atoms with Crippen LogP contribution >= 0.6 is 0 Å². The van der Waals surface area contributed by atoms with Crippen LogP contribution in [0, 0.1) is 0 Å². The summed E-state index contributed by atoms with van der Waals surface area (Å²) in [7, 11) is 4.65. The van der Waals surface area contributed by atoms with E-state index in [1.54, 1.807) is 27.4 Å². The second-order valence-electron chi connectivity index (χ2n) is 9.33. The highest BCUT2D eigenvalue weighted by Crippen LogP contribution is 2.52. The van der Waals surface area contributed by atoms with Crippen molar-refractivity contribution < 1.29 is 54.0 Å². The summed E-state index contributed by atoms with van der Waals surface area (Å²) < 4.78 is 34.4. The van der Waals surface area contributed by atoms with Gasteiger partial charge in [0.15, 0.2) is 29.3 Å². The van der Waals surface area contributed by atoms with E-state index < -0.39 is 49.3 Å². The Labute approximate surface area is 221 Å². The molecule has 2 aliphatic heterocycles. The lowest BCUT2D eigenvalue weighted by Gasteiger charge is -2.40. The summed E-state index contributed by atoms with van der Waals surface area (Å²) >= 11 is 0. The molecule has 38 heavy (non-hydrogen) atoms. The first-order valence-corrected chi connectivity index (χ1v) is 12.5. The normalized spacial score (nSPS) is 28.5. The molecule has 2 aliphatic rings. The molecule has 2 aromatic carbocycles. The summed E-state index contributed by atoms with van der Waals surface area (Å²) in [6.07, 6.45) is -6.28. The van der Waals surface area contributed by atoms with Crippen molar-refractivity contribution in [2.45, 2.75) is 55.6 Å². The van der Waals surface area contributed by atoms with Crippen molar-refractivity contribution in [1.82, 2.24) is 0 Å². The molecule has 210 valence electrons. The predicted octanol–water partition coefficient (Wildman–Crippen LogP) is 0.671. The molecule has 0 spiro atoms. The Morgan fingerprint density at radius 3 is 2.24 bits per heavy atom. The number of ether oxygens (including phenoxy) is 6. The van der Waals surface area contributed by atoms with Gasteiger partial charge in [-0.2, -0.15) is 0 Å². The van der Waals surface area contributed by atoms with Gasteiger partial charge in [0.05, 0.1) is 40.5 Å². The van der Waals surface area contributed by atoms with Gasteiger partial charge in [-0.05, 0) is 42.2 Å². The highest BCUT2D eigenvalue weighted by Gasteiger charge is 2.45. The summed E-state index contributed by atoms with van der Waals surface area (Å²) in [5.74, 6) is 1.76. The Kier molecular flexibility index (Phi) is 9.32. The van der Waals surface area contributed by atoms with Crippen LogP contribution in [0.5, 0.6) is 23.0 Å². The van der Waals surface area contributed by atoms with Crippen LogP contribution in [-0.4, -0.2) is 97.4 Å². The molecule has 5 N–H and O–H groups in total. The third-order valence-electron chi connectivity index (χ3n) is 7.02. The molecule has 0 unspecified atom stereocenters. The number of hydrogen-bond acceptors (Lipinski definition) is 11. The second-order valence-corrected chi connectivity index (χ2v) is 9.33. The van der Waals surface area contributed by atoms with Gasteiger partial charge in [0.2, 0.25) is 0 Å². The second kappa shape index (κ2) is 12.5. The fourth-order valence-corrected chi connectivity index (χ4v) is 4.95. The largest absolute Gasteiger partial charge is 0.493 e. The molecule has 0 aliphatic carbocycles. The molecule has 1 fully saturated rings.